The molecule has 0 saturated heterocycles. The van der Waals surface area contributed by atoms with Crippen LogP contribution in [0.2, 0.25) is 0 Å². The molecule has 0 bridgehead atoms. The molecule has 0 aliphatic heterocycles. The van der Waals surface area contributed by atoms with Gasteiger partial charge in [0.15, 0.2) is 0 Å². The van der Waals surface area contributed by atoms with Crippen molar-refractivity contribution < 1.29 is 19.1 Å². The molecule has 2 rings (SSSR count). The van der Waals surface area contributed by atoms with Crippen molar-refractivity contribution in [2.75, 3.05) is 7.11 Å². The second-order valence-corrected chi connectivity index (χ2v) is 6.66. The Hall–Kier alpha value is -1.19. The molecule has 0 unspecified atom stereocenters. The predicted molar refractivity (Wildman–Crippen MR) is 69.4 cm³/mol. The molecule has 2 fully saturated rings. The highest BCUT2D eigenvalue weighted by atomic mass is 16.5. The lowest BCUT2D eigenvalue weighted by molar-refractivity contribution is -0.171. The summed E-state index contributed by atoms with van der Waals surface area (Å²) in [5, 5.41) is 0. The molecule has 0 N–H and O–H groups in total. The molecule has 0 aromatic heterocycles. The van der Waals surface area contributed by atoms with E-state index in [1.54, 1.807) is 0 Å². The van der Waals surface area contributed by atoms with Crippen LogP contribution in [0, 0.1) is 22.7 Å². The van der Waals surface area contributed by atoms with Crippen LogP contribution in [-0.2, 0) is 19.1 Å². The fourth-order valence-electron chi connectivity index (χ4n) is 4.25. The maximum Gasteiger partial charge on any atom is 0.316 e. The van der Waals surface area contributed by atoms with Crippen LogP contribution in [0.25, 0.3) is 0 Å². The van der Waals surface area contributed by atoms with E-state index in [0.717, 1.165) is 0 Å². The van der Waals surface area contributed by atoms with Gasteiger partial charge in [0.2, 0.25) is 0 Å². The summed E-state index contributed by atoms with van der Waals surface area (Å²) in [7, 11) is 1.32. The van der Waals surface area contributed by atoms with E-state index in [2.05, 4.69) is 0 Å². The van der Waals surface area contributed by atoms with E-state index in [1.807, 2.05) is 20.8 Å². The van der Waals surface area contributed by atoms with Crippen molar-refractivity contribution in [3.05, 3.63) is 0 Å². The molecule has 2 aliphatic rings. The average Bonchev–Trinajstić information content (AvgIpc) is 2.33. The first-order valence-corrected chi connectivity index (χ1v) is 6.89. The number of Topliss-reactive ketones (excluding diaryl/α,β-unsaturated/α-hetero) is 2. The second kappa shape index (κ2) is 4.43. The molecule has 0 aromatic rings. The summed E-state index contributed by atoms with van der Waals surface area (Å²) in [6, 6.07) is 0. The van der Waals surface area contributed by atoms with Crippen LogP contribution in [0.3, 0.4) is 0 Å². The third-order valence-electron chi connectivity index (χ3n) is 5.37. The summed E-state index contributed by atoms with van der Waals surface area (Å²) in [5.41, 5.74) is -0.903. The third-order valence-corrected chi connectivity index (χ3v) is 5.37. The molecule has 0 heterocycles. The molecule has 0 amide bonds. The number of ether oxygens (including phenoxy) is 1. The van der Waals surface area contributed by atoms with Crippen molar-refractivity contribution in [1.82, 2.24) is 0 Å². The number of hydrogen-bond donors (Lipinski definition) is 0. The van der Waals surface area contributed by atoms with E-state index in [4.69, 9.17) is 4.74 Å². The third kappa shape index (κ3) is 1.92. The van der Waals surface area contributed by atoms with E-state index in [9.17, 15) is 14.4 Å². The SMILES string of the molecule is COC(=O)[C@H]1C(=O)CC[C@H]2C(C)(C)C(=O)CC[C@]12C. The molecule has 2 aliphatic carbocycles. The van der Waals surface area contributed by atoms with Gasteiger partial charge in [-0.05, 0) is 24.2 Å². The van der Waals surface area contributed by atoms with Gasteiger partial charge in [-0.2, -0.15) is 0 Å². The summed E-state index contributed by atoms with van der Waals surface area (Å²) in [6.45, 7) is 5.87. The van der Waals surface area contributed by atoms with Gasteiger partial charge >= 0.3 is 5.97 Å². The van der Waals surface area contributed by atoms with E-state index in [1.165, 1.54) is 7.11 Å². The fraction of sp³-hybridized carbons (Fsp3) is 0.800. The summed E-state index contributed by atoms with van der Waals surface area (Å²) >= 11 is 0. The molecule has 0 radical (unpaired) electrons. The Labute approximate surface area is 113 Å². The normalized spacial score (nSPS) is 37.7. The number of methoxy groups -OCH3 is 1. The lowest BCUT2D eigenvalue weighted by Crippen LogP contribution is -2.57. The smallest absolute Gasteiger partial charge is 0.316 e. The van der Waals surface area contributed by atoms with Crippen LogP contribution in [-0.4, -0.2) is 24.6 Å². The second-order valence-electron chi connectivity index (χ2n) is 6.66. The first-order chi connectivity index (χ1) is 8.75. The average molecular weight is 266 g/mol. The van der Waals surface area contributed by atoms with Gasteiger partial charge < -0.3 is 4.74 Å². The van der Waals surface area contributed by atoms with E-state index in [0.29, 0.717) is 25.7 Å². The maximum atomic E-state index is 12.2. The fourth-order valence-corrected chi connectivity index (χ4v) is 4.25. The highest BCUT2D eigenvalue weighted by molar-refractivity contribution is 6.01. The minimum atomic E-state index is -0.705. The molecule has 2 saturated carbocycles. The zero-order valence-corrected chi connectivity index (χ0v) is 12.1. The monoisotopic (exact) mass is 266 g/mol. The highest BCUT2D eigenvalue weighted by Crippen LogP contribution is 2.57. The van der Waals surface area contributed by atoms with Gasteiger partial charge in [0.25, 0.3) is 0 Å². The number of ketones is 2. The molecular formula is C15H22O4. The molecule has 0 aromatic carbocycles. The van der Waals surface area contributed by atoms with E-state index >= 15 is 0 Å². The molecule has 19 heavy (non-hydrogen) atoms. The Bertz CT molecular complexity index is 429. The lowest BCUT2D eigenvalue weighted by atomic mass is 9.48. The number of hydrogen-bond acceptors (Lipinski definition) is 4. The van der Waals surface area contributed by atoms with Gasteiger partial charge in [0.05, 0.1) is 7.11 Å². The van der Waals surface area contributed by atoms with Crippen LogP contribution < -0.4 is 0 Å². The van der Waals surface area contributed by atoms with Crippen molar-refractivity contribution in [3.63, 3.8) is 0 Å². The predicted octanol–water partition coefficient (Wildman–Crippen LogP) is 2.15. The van der Waals surface area contributed by atoms with Crippen molar-refractivity contribution in [1.29, 1.82) is 0 Å². The Kier molecular flexibility index (Phi) is 3.31. The largest absolute Gasteiger partial charge is 0.468 e. The lowest BCUT2D eigenvalue weighted by Gasteiger charge is -2.54. The van der Waals surface area contributed by atoms with Gasteiger partial charge in [0.1, 0.15) is 17.5 Å². The Morgan fingerprint density at radius 1 is 1.21 bits per heavy atom. The molecule has 3 atom stereocenters. The van der Waals surface area contributed by atoms with Crippen molar-refractivity contribution in [3.8, 4) is 0 Å². The Balaban J connectivity index is 2.45. The summed E-state index contributed by atoms with van der Waals surface area (Å²) < 4.78 is 4.82. The molecule has 4 heteroatoms. The van der Waals surface area contributed by atoms with Crippen LogP contribution >= 0.6 is 0 Å². The number of carbonyl (C=O) groups excluding carboxylic acids is 3. The minimum absolute atomic E-state index is 0.0317. The van der Waals surface area contributed by atoms with Gasteiger partial charge in [-0.3, -0.25) is 14.4 Å². The summed E-state index contributed by atoms with van der Waals surface area (Å²) in [5.74, 6) is -0.863. The van der Waals surface area contributed by atoms with E-state index < -0.39 is 22.7 Å². The Morgan fingerprint density at radius 2 is 1.84 bits per heavy atom. The summed E-state index contributed by atoms with van der Waals surface area (Å²) in [4.78, 5) is 36.3. The number of carbonyl (C=O) groups is 3. The molecule has 106 valence electrons. The molecule has 0 spiro atoms. The molecule has 4 nitrogen and oxygen atoms in total. The zero-order valence-electron chi connectivity index (χ0n) is 12.1. The minimum Gasteiger partial charge on any atom is -0.468 e. The van der Waals surface area contributed by atoms with Crippen molar-refractivity contribution >= 4 is 17.5 Å². The van der Waals surface area contributed by atoms with Gasteiger partial charge in [0, 0.05) is 18.3 Å². The Morgan fingerprint density at radius 3 is 2.42 bits per heavy atom. The number of rotatable bonds is 1. The van der Waals surface area contributed by atoms with Crippen LogP contribution in [0.5, 0.6) is 0 Å². The van der Waals surface area contributed by atoms with Crippen LogP contribution in [0.15, 0.2) is 0 Å². The standard InChI is InChI=1S/C15H22O4/c1-14(2)10-6-5-9(16)12(13(18)19-4)15(10,3)8-7-11(14)17/h10,12H,5-8H2,1-4H3/t10-,12+,15-/m0/s1. The zero-order chi connectivity index (χ0) is 14.4. The molecular weight excluding hydrogens is 244 g/mol. The highest BCUT2D eigenvalue weighted by Gasteiger charge is 2.59. The van der Waals surface area contributed by atoms with Gasteiger partial charge in [-0.25, -0.2) is 0 Å². The first kappa shape index (κ1) is 14.2. The van der Waals surface area contributed by atoms with Gasteiger partial charge in [-0.15, -0.1) is 0 Å². The van der Waals surface area contributed by atoms with E-state index in [-0.39, 0.29) is 17.5 Å². The summed E-state index contributed by atoms with van der Waals surface area (Å²) in [6.07, 6.45) is 2.12. The number of fused-ring (bicyclic) bond motifs is 1. The topological polar surface area (TPSA) is 60.4 Å². The van der Waals surface area contributed by atoms with Crippen LogP contribution in [0.1, 0.15) is 46.5 Å². The van der Waals surface area contributed by atoms with Crippen molar-refractivity contribution in [2.24, 2.45) is 22.7 Å². The first-order valence-electron chi connectivity index (χ1n) is 6.89. The van der Waals surface area contributed by atoms with Gasteiger partial charge in [-0.1, -0.05) is 20.8 Å². The number of esters is 1. The van der Waals surface area contributed by atoms with Crippen molar-refractivity contribution in [2.45, 2.75) is 46.5 Å². The quantitative estimate of drug-likeness (QED) is 0.539. The van der Waals surface area contributed by atoms with Crippen LogP contribution in [0.4, 0.5) is 0 Å². The maximum absolute atomic E-state index is 12.2.